The van der Waals surface area contributed by atoms with E-state index >= 15 is 0 Å². The summed E-state index contributed by atoms with van der Waals surface area (Å²) in [6.45, 7) is 1.81. The van der Waals surface area contributed by atoms with Crippen LogP contribution in [0.4, 0.5) is 0 Å². The van der Waals surface area contributed by atoms with Gasteiger partial charge in [-0.3, -0.25) is 9.79 Å². The first-order chi connectivity index (χ1) is 12.6. The number of nitrogens with one attached hydrogen (secondary N) is 2. The predicted octanol–water partition coefficient (Wildman–Crippen LogP) is 2.75. The molecule has 0 aromatic heterocycles. The molecule has 0 aliphatic carbocycles. The molecule has 2 N–H and O–H groups in total. The first-order valence-corrected chi connectivity index (χ1v) is 8.53. The highest BCUT2D eigenvalue weighted by Gasteiger charge is 2.07. The van der Waals surface area contributed by atoms with Crippen LogP contribution in [0.3, 0.4) is 0 Å². The molecule has 0 bridgehead atoms. The number of guanidine groups is 1. The molecule has 2 rings (SSSR count). The molecule has 0 aliphatic heterocycles. The zero-order valence-corrected chi connectivity index (χ0v) is 18.3. The van der Waals surface area contributed by atoms with E-state index in [0.717, 1.165) is 11.3 Å². The Labute approximate surface area is 178 Å². The zero-order valence-electron chi connectivity index (χ0n) is 15.9. The van der Waals surface area contributed by atoms with Crippen LogP contribution >= 0.6 is 24.0 Å². The number of aliphatic imine (C=N–C) groups is 1. The minimum atomic E-state index is 0. The van der Waals surface area contributed by atoms with Gasteiger partial charge in [0.1, 0.15) is 12.4 Å². The number of nitrogens with zero attached hydrogens (tertiary/aromatic N) is 2. The van der Waals surface area contributed by atoms with Gasteiger partial charge in [0.15, 0.2) is 5.96 Å². The lowest BCUT2D eigenvalue weighted by Gasteiger charge is -2.13. The Morgan fingerprint density at radius 1 is 1.04 bits per heavy atom. The third-order valence-electron chi connectivity index (χ3n) is 3.70. The van der Waals surface area contributed by atoms with Gasteiger partial charge in [-0.15, -0.1) is 24.0 Å². The number of amides is 1. The molecule has 1 amide bonds. The van der Waals surface area contributed by atoms with Gasteiger partial charge in [-0.1, -0.05) is 30.3 Å². The average Bonchev–Trinajstić information content (AvgIpc) is 2.68. The van der Waals surface area contributed by atoms with Crippen molar-refractivity contribution in [1.29, 1.82) is 0 Å². The van der Waals surface area contributed by atoms with Crippen molar-refractivity contribution in [2.24, 2.45) is 4.99 Å². The van der Waals surface area contributed by atoms with Gasteiger partial charge in [0, 0.05) is 33.3 Å². The smallest absolute Gasteiger partial charge is 0.253 e. The summed E-state index contributed by atoms with van der Waals surface area (Å²) in [6.07, 6.45) is 0. The van der Waals surface area contributed by atoms with Crippen LogP contribution in [0, 0.1) is 0 Å². The standard InChI is InChI=1S/C20H26N4O2.HI/c1-21-20(22-13-14-26-18-7-5-4-6-8-18)23-15-16-9-11-17(12-10-16)19(25)24(2)3;/h4-12H,13-15H2,1-3H3,(H2,21,22,23);1H. The van der Waals surface area contributed by atoms with Crippen molar-refractivity contribution >= 4 is 35.8 Å². The summed E-state index contributed by atoms with van der Waals surface area (Å²) in [5.41, 5.74) is 1.75. The first kappa shape index (κ1) is 22.8. The van der Waals surface area contributed by atoms with E-state index in [2.05, 4.69) is 15.6 Å². The predicted molar refractivity (Wildman–Crippen MR) is 120 cm³/mol. The number of carbonyl (C=O) groups excluding carboxylic acids is 1. The fraction of sp³-hybridized carbons (Fsp3) is 0.300. The second-order valence-electron chi connectivity index (χ2n) is 5.91. The Balaban J connectivity index is 0.00000364. The fourth-order valence-electron chi connectivity index (χ4n) is 2.28. The van der Waals surface area contributed by atoms with E-state index in [1.165, 1.54) is 0 Å². The minimum Gasteiger partial charge on any atom is -0.492 e. The maximum absolute atomic E-state index is 11.9. The van der Waals surface area contributed by atoms with Gasteiger partial charge in [-0.05, 0) is 29.8 Å². The van der Waals surface area contributed by atoms with Crippen LogP contribution in [-0.4, -0.2) is 51.1 Å². The number of ether oxygens (including phenoxy) is 1. The topological polar surface area (TPSA) is 66.0 Å². The van der Waals surface area contributed by atoms with E-state index in [1.807, 2.05) is 54.6 Å². The molecule has 0 unspecified atom stereocenters. The van der Waals surface area contributed by atoms with Crippen LogP contribution in [-0.2, 0) is 6.54 Å². The minimum absolute atomic E-state index is 0. The second-order valence-corrected chi connectivity index (χ2v) is 5.91. The quantitative estimate of drug-likeness (QED) is 0.276. The molecule has 0 fully saturated rings. The summed E-state index contributed by atoms with van der Waals surface area (Å²) >= 11 is 0. The van der Waals surface area contributed by atoms with Crippen molar-refractivity contribution in [3.63, 3.8) is 0 Å². The van der Waals surface area contributed by atoms with Gasteiger partial charge in [-0.25, -0.2) is 0 Å². The highest BCUT2D eigenvalue weighted by Crippen LogP contribution is 2.07. The number of hydrogen-bond donors (Lipinski definition) is 2. The Hall–Kier alpha value is -2.29. The number of halogens is 1. The average molecular weight is 482 g/mol. The number of hydrogen-bond acceptors (Lipinski definition) is 3. The van der Waals surface area contributed by atoms with E-state index in [9.17, 15) is 4.79 Å². The number of carbonyl (C=O) groups is 1. The lowest BCUT2D eigenvalue weighted by Crippen LogP contribution is -2.38. The van der Waals surface area contributed by atoms with E-state index in [1.54, 1.807) is 26.0 Å². The highest BCUT2D eigenvalue weighted by atomic mass is 127. The molecule has 7 heteroatoms. The molecule has 2 aromatic carbocycles. The molecule has 0 saturated heterocycles. The van der Waals surface area contributed by atoms with E-state index < -0.39 is 0 Å². The Kier molecular flexibility index (Phi) is 10.2. The highest BCUT2D eigenvalue weighted by molar-refractivity contribution is 14.0. The molecule has 0 aliphatic rings. The molecule has 0 heterocycles. The number of benzene rings is 2. The maximum Gasteiger partial charge on any atom is 0.253 e. The third-order valence-corrected chi connectivity index (χ3v) is 3.70. The van der Waals surface area contributed by atoms with Gasteiger partial charge in [0.2, 0.25) is 0 Å². The van der Waals surface area contributed by atoms with Crippen molar-refractivity contribution in [3.8, 4) is 5.75 Å². The van der Waals surface area contributed by atoms with Crippen LogP contribution in [0.5, 0.6) is 5.75 Å². The molecule has 0 atom stereocenters. The van der Waals surface area contributed by atoms with Gasteiger partial charge in [0.25, 0.3) is 5.91 Å². The monoisotopic (exact) mass is 482 g/mol. The van der Waals surface area contributed by atoms with Crippen LogP contribution < -0.4 is 15.4 Å². The lowest BCUT2D eigenvalue weighted by atomic mass is 10.1. The summed E-state index contributed by atoms with van der Waals surface area (Å²) in [7, 11) is 5.22. The Morgan fingerprint density at radius 2 is 1.70 bits per heavy atom. The second kappa shape index (κ2) is 12.2. The maximum atomic E-state index is 11.9. The van der Waals surface area contributed by atoms with Crippen LogP contribution in [0.1, 0.15) is 15.9 Å². The summed E-state index contributed by atoms with van der Waals surface area (Å²) in [5.74, 6) is 1.56. The Bertz CT molecular complexity index is 719. The molecule has 27 heavy (non-hydrogen) atoms. The number of rotatable bonds is 7. The van der Waals surface area contributed by atoms with Gasteiger partial charge < -0.3 is 20.3 Å². The molecule has 6 nitrogen and oxygen atoms in total. The molecule has 146 valence electrons. The molecular weight excluding hydrogens is 455 g/mol. The van der Waals surface area contributed by atoms with Gasteiger partial charge >= 0.3 is 0 Å². The van der Waals surface area contributed by atoms with Crippen molar-refractivity contribution in [2.45, 2.75) is 6.54 Å². The first-order valence-electron chi connectivity index (χ1n) is 8.53. The van der Waals surface area contributed by atoms with E-state index in [4.69, 9.17) is 4.74 Å². The van der Waals surface area contributed by atoms with Gasteiger partial charge in [0.05, 0.1) is 6.54 Å². The van der Waals surface area contributed by atoms with Crippen LogP contribution in [0.15, 0.2) is 59.6 Å². The van der Waals surface area contributed by atoms with Gasteiger partial charge in [-0.2, -0.15) is 0 Å². The molecule has 0 radical (unpaired) electrons. The largest absolute Gasteiger partial charge is 0.492 e. The van der Waals surface area contributed by atoms with Crippen molar-refractivity contribution in [3.05, 3.63) is 65.7 Å². The molecule has 0 spiro atoms. The third kappa shape index (κ3) is 7.86. The van der Waals surface area contributed by atoms with E-state index in [-0.39, 0.29) is 29.9 Å². The van der Waals surface area contributed by atoms with Crippen molar-refractivity contribution in [1.82, 2.24) is 15.5 Å². The summed E-state index contributed by atoms with van der Waals surface area (Å²) in [5, 5.41) is 6.45. The van der Waals surface area contributed by atoms with Crippen molar-refractivity contribution < 1.29 is 9.53 Å². The number of para-hydroxylation sites is 1. The van der Waals surface area contributed by atoms with E-state index in [0.29, 0.717) is 31.2 Å². The molecule has 2 aromatic rings. The SMILES string of the molecule is CN=C(NCCOc1ccccc1)NCc1ccc(C(=O)N(C)C)cc1.I. The summed E-state index contributed by atoms with van der Waals surface area (Å²) in [4.78, 5) is 17.6. The summed E-state index contributed by atoms with van der Waals surface area (Å²) in [6, 6.07) is 17.3. The summed E-state index contributed by atoms with van der Waals surface area (Å²) < 4.78 is 5.64. The Morgan fingerprint density at radius 3 is 2.30 bits per heavy atom. The normalized spacial score (nSPS) is 10.6. The zero-order chi connectivity index (χ0) is 18.8. The molecule has 0 saturated carbocycles. The fourth-order valence-corrected chi connectivity index (χ4v) is 2.28. The van der Waals surface area contributed by atoms with Crippen LogP contribution in [0.2, 0.25) is 0 Å². The molecular formula is C20H27IN4O2. The van der Waals surface area contributed by atoms with Crippen LogP contribution in [0.25, 0.3) is 0 Å². The lowest BCUT2D eigenvalue weighted by molar-refractivity contribution is 0.0827. The van der Waals surface area contributed by atoms with Crippen molar-refractivity contribution in [2.75, 3.05) is 34.3 Å².